The third kappa shape index (κ3) is 3.01. The molecule has 5 heteroatoms. The van der Waals surface area contributed by atoms with Gasteiger partial charge in [-0.1, -0.05) is 6.92 Å². The Balaban J connectivity index is 2.50. The largest absolute Gasteiger partial charge is 0.266 e. The Bertz CT molecular complexity index is 222. The van der Waals surface area contributed by atoms with E-state index in [0.29, 0.717) is 5.92 Å². The van der Waals surface area contributed by atoms with Crippen molar-refractivity contribution >= 4 is 21.9 Å². The predicted octanol–water partition coefficient (Wildman–Crippen LogP) is 0.714. The van der Waals surface area contributed by atoms with E-state index in [1.165, 1.54) is 0 Å². The molecule has 11 heavy (non-hydrogen) atoms. The lowest BCUT2D eigenvalue weighted by molar-refractivity contribution is 0.194. The zero-order chi connectivity index (χ0) is 8.48. The van der Waals surface area contributed by atoms with Gasteiger partial charge in [0.1, 0.15) is 0 Å². The molecule has 1 fully saturated rings. The molecule has 1 heterocycles. The molecule has 0 bridgehead atoms. The highest BCUT2D eigenvalue weighted by atomic mass is 32.2. The van der Waals surface area contributed by atoms with Crippen LogP contribution >= 0.6 is 11.8 Å². The second-order valence-electron chi connectivity index (χ2n) is 2.85. The SMILES string of the molecule is CC1CSCC1OS(C)(=O)=O. The van der Waals surface area contributed by atoms with Gasteiger partial charge in [-0.25, -0.2) is 0 Å². The summed E-state index contributed by atoms with van der Waals surface area (Å²) in [6.07, 6.45) is 0.998. The number of rotatable bonds is 2. The first kappa shape index (κ1) is 9.35. The molecule has 0 spiro atoms. The van der Waals surface area contributed by atoms with Crippen molar-refractivity contribution in [2.75, 3.05) is 17.8 Å². The maximum atomic E-state index is 10.7. The molecular formula is C6H12O3S2. The fourth-order valence-electron chi connectivity index (χ4n) is 0.989. The van der Waals surface area contributed by atoms with Gasteiger partial charge in [0.15, 0.2) is 0 Å². The van der Waals surface area contributed by atoms with Crippen molar-refractivity contribution in [3.05, 3.63) is 0 Å². The van der Waals surface area contributed by atoms with Crippen LogP contribution < -0.4 is 0 Å². The summed E-state index contributed by atoms with van der Waals surface area (Å²) in [5, 5.41) is 0. The minimum absolute atomic E-state index is 0.102. The molecule has 0 aliphatic carbocycles. The standard InChI is InChI=1S/C6H12O3S2/c1-5-3-10-4-6(5)9-11(2,7)8/h5-6H,3-4H2,1-2H3. The first-order valence-corrected chi connectivity index (χ1v) is 6.42. The molecule has 66 valence electrons. The first-order valence-electron chi connectivity index (χ1n) is 3.45. The van der Waals surface area contributed by atoms with E-state index in [4.69, 9.17) is 4.18 Å². The molecule has 3 nitrogen and oxygen atoms in total. The van der Waals surface area contributed by atoms with E-state index in [9.17, 15) is 8.42 Å². The van der Waals surface area contributed by atoms with E-state index in [-0.39, 0.29) is 6.10 Å². The molecule has 1 rings (SSSR count). The summed E-state index contributed by atoms with van der Waals surface area (Å²) in [6, 6.07) is 0. The van der Waals surface area contributed by atoms with Crippen LogP contribution in [0.25, 0.3) is 0 Å². The van der Waals surface area contributed by atoms with Crippen LogP contribution in [0.3, 0.4) is 0 Å². The predicted molar refractivity (Wildman–Crippen MR) is 46.2 cm³/mol. The van der Waals surface area contributed by atoms with Crippen LogP contribution in [0.15, 0.2) is 0 Å². The molecule has 1 saturated heterocycles. The monoisotopic (exact) mass is 196 g/mol. The van der Waals surface area contributed by atoms with Crippen LogP contribution in [-0.4, -0.2) is 32.3 Å². The van der Waals surface area contributed by atoms with Crippen LogP contribution in [0.4, 0.5) is 0 Å². The summed E-state index contributed by atoms with van der Waals surface area (Å²) < 4.78 is 26.3. The summed E-state index contributed by atoms with van der Waals surface area (Å²) in [5.74, 6) is 2.16. The third-order valence-electron chi connectivity index (χ3n) is 1.60. The van der Waals surface area contributed by atoms with Crippen molar-refractivity contribution in [3.8, 4) is 0 Å². The van der Waals surface area contributed by atoms with Crippen molar-refractivity contribution in [3.63, 3.8) is 0 Å². The molecule has 0 radical (unpaired) electrons. The Morgan fingerprint density at radius 2 is 2.09 bits per heavy atom. The zero-order valence-corrected chi connectivity index (χ0v) is 8.24. The molecule has 0 N–H and O–H groups in total. The van der Waals surface area contributed by atoms with E-state index < -0.39 is 10.1 Å². The molecule has 2 unspecified atom stereocenters. The molecule has 0 aromatic rings. The van der Waals surface area contributed by atoms with Gasteiger partial charge in [-0.2, -0.15) is 20.2 Å². The maximum Gasteiger partial charge on any atom is 0.264 e. The Hall–Kier alpha value is 0.260. The summed E-state index contributed by atoms with van der Waals surface area (Å²) in [4.78, 5) is 0. The van der Waals surface area contributed by atoms with Crippen molar-refractivity contribution < 1.29 is 12.6 Å². The molecule has 0 amide bonds. The van der Waals surface area contributed by atoms with Gasteiger partial charge in [-0.05, 0) is 11.7 Å². The summed E-state index contributed by atoms with van der Waals surface area (Å²) in [6.45, 7) is 2.01. The van der Waals surface area contributed by atoms with Gasteiger partial charge in [0.2, 0.25) is 0 Å². The Labute approximate surface area is 71.6 Å². The van der Waals surface area contributed by atoms with Crippen LogP contribution in [0.2, 0.25) is 0 Å². The maximum absolute atomic E-state index is 10.7. The minimum atomic E-state index is -3.25. The van der Waals surface area contributed by atoms with Crippen LogP contribution in [0.1, 0.15) is 6.92 Å². The van der Waals surface area contributed by atoms with E-state index in [1.807, 2.05) is 6.92 Å². The number of thioether (sulfide) groups is 1. The number of hydrogen-bond donors (Lipinski definition) is 0. The second kappa shape index (κ2) is 3.33. The van der Waals surface area contributed by atoms with Crippen molar-refractivity contribution in [1.82, 2.24) is 0 Å². The van der Waals surface area contributed by atoms with Crippen LogP contribution in [0.5, 0.6) is 0 Å². The Kier molecular flexibility index (Phi) is 2.83. The molecular weight excluding hydrogens is 184 g/mol. The van der Waals surface area contributed by atoms with E-state index in [0.717, 1.165) is 17.8 Å². The van der Waals surface area contributed by atoms with Crippen molar-refractivity contribution in [2.24, 2.45) is 5.92 Å². The van der Waals surface area contributed by atoms with Gasteiger partial charge in [-0.3, -0.25) is 4.18 Å². The first-order chi connectivity index (χ1) is 4.99. The minimum Gasteiger partial charge on any atom is -0.266 e. The molecule has 0 saturated carbocycles. The summed E-state index contributed by atoms with van der Waals surface area (Å²) in [5.41, 5.74) is 0. The lowest BCUT2D eigenvalue weighted by Gasteiger charge is -2.12. The van der Waals surface area contributed by atoms with Crippen LogP contribution in [-0.2, 0) is 14.3 Å². The molecule has 1 aliphatic heterocycles. The summed E-state index contributed by atoms with van der Waals surface area (Å²) in [7, 11) is -3.25. The highest BCUT2D eigenvalue weighted by Gasteiger charge is 2.27. The second-order valence-corrected chi connectivity index (χ2v) is 5.53. The van der Waals surface area contributed by atoms with Crippen molar-refractivity contribution in [2.45, 2.75) is 13.0 Å². The normalized spacial score (nSPS) is 32.5. The molecule has 1 aliphatic rings. The van der Waals surface area contributed by atoms with E-state index in [2.05, 4.69) is 0 Å². The zero-order valence-electron chi connectivity index (χ0n) is 6.61. The topological polar surface area (TPSA) is 43.4 Å². The smallest absolute Gasteiger partial charge is 0.264 e. The Morgan fingerprint density at radius 3 is 2.45 bits per heavy atom. The van der Waals surface area contributed by atoms with Gasteiger partial charge in [-0.15, -0.1) is 0 Å². The lowest BCUT2D eigenvalue weighted by Crippen LogP contribution is -2.22. The highest BCUT2D eigenvalue weighted by molar-refractivity contribution is 7.99. The Morgan fingerprint density at radius 1 is 1.45 bits per heavy atom. The average molecular weight is 196 g/mol. The van der Waals surface area contributed by atoms with Gasteiger partial charge in [0.25, 0.3) is 10.1 Å². The average Bonchev–Trinajstić information content (AvgIpc) is 2.12. The summed E-state index contributed by atoms with van der Waals surface area (Å²) >= 11 is 1.74. The van der Waals surface area contributed by atoms with Gasteiger partial charge < -0.3 is 0 Å². The van der Waals surface area contributed by atoms with Crippen molar-refractivity contribution in [1.29, 1.82) is 0 Å². The highest BCUT2D eigenvalue weighted by Crippen LogP contribution is 2.26. The fraction of sp³-hybridized carbons (Fsp3) is 1.00. The van der Waals surface area contributed by atoms with Gasteiger partial charge >= 0.3 is 0 Å². The quantitative estimate of drug-likeness (QED) is 0.610. The molecule has 0 aromatic carbocycles. The van der Waals surface area contributed by atoms with Crippen LogP contribution in [0, 0.1) is 5.92 Å². The lowest BCUT2D eigenvalue weighted by atomic mass is 10.1. The number of hydrogen-bond acceptors (Lipinski definition) is 4. The van der Waals surface area contributed by atoms with Gasteiger partial charge in [0, 0.05) is 5.75 Å². The molecule has 2 atom stereocenters. The third-order valence-corrected chi connectivity index (χ3v) is 3.52. The van der Waals surface area contributed by atoms with Gasteiger partial charge in [0.05, 0.1) is 12.4 Å². The fourth-order valence-corrected chi connectivity index (χ4v) is 3.13. The van der Waals surface area contributed by atoms with E-state index in [1.54, 1.807) is 11.8 Å². The van der Waals surface area contributed by atoms with E-state index >= 15 is 0 Å². The molecule has 0 aromatic heterocycles.